The van der Waals surface area contributed by atoms with Crippen LogP contribution in [0.4, 0.5) is 10.1 Å². The quantitative estimate of drug-likeness (QED) is 0.655. The maximum absolute atomic E-state index is 13.5. The number of hydrogen-bond acceptors (Lipinski definition) is 2. The zero-order chi connectivity index (χ0) is 12.3. The molecule has 2 rings (SSSR count). The third kappa shape index (κ3) is 3.24. The zero-order valence-corrected chi connectivity index (χ0v) is 10.4. The minimum Gasteiger partial charge on any atom is -0.399 e. The topological polar surface area (TPSA) is 26.0 Å². The van der Waals surface area contributed by atoms with Crippen molar-refractivity contribution in [2.24, 2.45) is 0 Å². The highest BCUT2D eigenvalue weighted by atomic mass is 32.2. The zero-order valence-electron chi connectivity index (χ0n) is 9.61. The minimum absolute atomic E-state index is 0.232. The normalized spacial score (nSPS) is 10.5. The number of nitrogens with two attached hydrogens (primary N) is 1. The number of halogens is 1. The van der Waals surface area contributed by atoms with Crippen LogP contribution in [0.15, 0.2) is 47.4 Å². The van der Waals surface area contributed by atoms with Gasteiger partial charge >= 0.3 is 0 Å². The third-order valence-electron chi connectivity index (χ3n) is 2.49. The molecular weight excluding hydrogens is 233 g/mol. The van der Waals surface area contributed by atoms with Gasteiger partial charge in [-0.2, -0.15) is 0 Å². The van der Waals surface area contributed by atoms with Crippen molar-refractivity contribution in [1.82, 2.24) is 0 Å². The molecule has 0 heterocycles. The molecule has 1 nitrogen and oxygen atoms in total. The molecule has 2 N–H and O–H groups in total. The van der Waals surface area contributed by atoms with Crippen LogP contribution in [-0.4, -0.2) is 0 Å². The van der Waals surface area contributed by atoms with E-state index in [2.05, 4.69) is 24.3 Å². The van der Waals surface area contributed by atoms with Crippen molar-refractivity contribution >= 4 is 17.4 Å². The van der Waals surface area contributed by atoms with E-state index < -0.39 is 0 Å². The van der Waals surface area contributed by atoms with E-state index in [0.29, 0.717) is 17.0 Å². The molecule has 0 bridgehead atoms. The molecule has 0 unspecified atom stereocenters. The lowest BCUT2D eigenvalue weighted by Crippen LogP contribution is -1.91. The van der Waals surface area contributed by atoms with Gasteiger partial charge in [0.1, 0.15) is 5.82 Å². The molecule has 0 saturated carbocycles. The summed E-state index contributed by atoms with van der Waals surface area (Å²) in [6.45, 7) is 2.05. The summed E-state index contributed by atoms with van der Waals surface area (Å²) < 4.78 is 13.5. The summed E-state index contributed by atoms with van der Waals surface area (Å²) in [6.07, 6.45) is 0. The molecule has 0 saturated heterocycles. The van der Waals surface area contributed by atoms with Gasteiger partial charge in [-0.25, -0.2) is 4.39 Å². The summed E-state index contributed by atoms with van der Waals surface area (Å²) in [4.78, 5) is 1.15. The lowest BCUT2D eigenvalue weighted by atomic mass is 10.2. The van der Waals surface area contributed by atoms with Gasteiger partial charge in [-0.3, -0.25) is 0 Å². The van der Waals surface area contributed by atoms with Crippen LogP contribution in [0.25, 0.3) is 0 Å². The Balaban J connectivity index is 2.04. The molecular formula is C14H14FNS. The van der Waals surface area contributed by atoms with Crippen LogP contribution in [0.3, 0.4) is 0 Å². The number of hydrogen-bond donors (Lipinski definition) is 1. The van der Waals surface area contributed by atoms with Crippen molar-refractivity contribution in [3.63, 3.8) is 0 Å². The van der Waals surface area contributed by atoms with Gasteiger partial charge in [0.25, 0.3) is 0 Å². The number of benzene rings is 2. The smallest absolute Gasteiger partial charge is 0.129 e. The van der Waals surface area contributed by atoms with E-state index in [1.165, 1.54) is 11.6 Å². The highest BCUT2D eigenvalue weighted by Gasteiger charge is 2.03. The summed E-state index contributed by atoms with van der Waals surface area (Å²) in [7, 11) is 0. The average Bonchev–Trinajstić information content (AvgIpc) is 2.30. The Bertz CT molecular complexity index is 508. The van der Waals surface area contributed by atoms with Crippen LogP contribution < -0.4 is 5.73 Å². The average molecular weight is 247 g/mol. The van der Waals surface area contributed by atoms with E-state index in [-0.39, 0.29) is 5.82 Å². The van der Waals surface area contributed by atoms with Crippen molar-refractivity contribution in [1.29, 1.82) is 0 Å². The summed E-state index contributed by atoms with van der Waals surface area (Å²) >= 11 is 1.62. The molecule has 0 spiro atoms. The third-order valence-corrected chi connectivity index (χ3v) is 3.55. The SMILES string of the molecule is Cc1ccc(SCc2ccc(N)cc2F)cc1. The number of aryl methyl sites for hydroxylation is 1. The largest absolute Gasteiger partial charge is 0.399 e. The summed E-state index contributed by atoms with van der Waals surface area (Å²) in [5.74, 6) is 0.388. The van der Waals surface area contributed by atoms with Crippen LogP contribution in [-0.2, 0) is 5.75 Å². The predicted octanol–water partition coefficient (Wildman–Crippen LogP) is 4.01. The Morgan fingerprint density at radius 1 is 1.12 bits per heavy atom. The minimum atomic E-state index is -0.232. The lowest BCUT2D eigenvalue weighted by Gasteiger charge is -2.04. The van der Waals surface area contributed by atoms with Crippen LogP contribution in [0.2, 0.25) is 0 Å². The van der Waals surface area contributed by atoms with Crippen molar-refractivity contribution in [3.05, 3.63) is 59.4 Å². The molecule has 3 heteroatoms. The van der Waals surface area contributed by atoms with Crippen LogP contribution in [0.1, 0.15) is 11.1 Å². The van der Waals surface area contributed by atoms with Crippen LogP contribution in [0.5, 0.6) is 0 Å². The Hall–Kier alpha value is -1.48. The van der Waals surface area contributed by atoms with Crippen molar-refractivity contribution in [2.45, 2.75) is 17.6 Å². The van der Waals surface area contributed by atoms with E-state index in [4.69, 9.17) is 5.73 Å². The molecule has 0 aromatic heterocycles. The molecule has 0 atom stereocenters. The second-order valence-corrected chi connectivity index (χ2v) is 5.00. The fourth-order valence-electron chi connectivity index (χ4n) is 1.48. The van der Waals surface area contributed by atoms with E-state index in [1.807, 2.05) is 6.92 Å². The Morgan fingerprint density at radius 3 is 2.47 bits per heavy atom. The first-order valence-electron chi connectivity index (χ1n) is 5.38. The predicted molar refractivity (Wildman–Crippen MR) is 71.6 cm³/mol. The number of thioether (sulfide) groups is 1. The standard InChI is InChI=1S/C14H14FNS/c1-10-2-6-13(7-3-10)17-9-11-4-5-12(16)8-14(11)15/h2-8H,9,16H2,1H3. The lowest BCUT2D eigenvalue weighted by molar-refractivity contribution is 0.618. The van der Waals surface area contributed by atoms with E-state index in [9.17, 15) is 4.39 Å². The monoisotopic (exact) mass is 247 g/mol. The highest BCUT2D eigenvalue weighted by molar-refractivity contribution is 7.98. The number of nitrogen functional groups attached to an aromatic ring is 1. The summed E-state index contributed by atoms with van der Waals surface area (Å²) in [6, 6.07) is 13.1. The van der Waals surface area contributed by atoms with Gasteiger partial charge in [-0.15, -0.1) is 11.8 Å². The Labute approximate surface area is 105 Å². The molecule has 0 aliphatic heterocycles. The molecule has 2 aromatic carbocycles. The molecule has 0 aliphatic rings. The summed E-state index contributed by atoms with van der Waals surface area (Å²) in [5.41, 5.74) is 7.88. The molecule has 88 valence electrons. The van der Waals surface area contributed by atoms with Crippen molar-refractivity contribution in [2.75, 3.05) is 5.73 Å². The molecule has 17 heavy (non-hydrogen) atoms. The first kappa shape index (κ1) is 12.0. The summed E-state index contributed by atoms with van der Waals surface area (Å²) in [5, 5.41) is 0. The van der Waals surface area contributed by atoms with Crippen LogP contribution >= 0.6 is 11.8 Å². The maximum atomic E-state index is 13.5. The van der Waals surface area contributed by atoms with Gasteiger partial charge < -0.3 is 5.73 Å². The van der Waals surface area contributed by atoms with Crippen molar-refractivity contribution in [3.8, 4) is 0 Å². The van der Waals surface area contributed by atoms with E-state index in [0.717, 1.165) is 4.90 Å². The highest BCUT2D eigenvalue weighted by Crippen LogP contribution is 2.25. The molecule has 0 aliphatic carbocycles. The van der Waals surface area contributed by atoms with Gasteiger partial charge in [-0.1, -0.05) is 23.8 Å². The first-order valence-corrected chi connectivity index (χ1v) is 6.37. The van der Waals surface area contributed by atoms with E-state index in [1.54, 1.807) is 23.9 Å². The molecule has 0 amide bonds. The molecule has 0 radical (unpaired) electrons. The molecule has 2 aromatic rings. The number of rotatable bonds is 3. The van der Waals surface area contributed by atoms with E-state index >= 15 is 0 Å². The second-order valence-electron chi connectivity index (χ2n) is 3.95. The van der Waals surface area contributed by atoms with Gasteiger partial charge in [0.2, 0.25) is 0 Å². The Kier molecular flexibility index (Phi) is 3.69. The van der Waals surface area contributed by atoms with Gasteiger partial charge in [-0.05, 0) is 36.8 Å². The number of anilines is 1. The van der Waals surface area contributed by atoms with Gasteiger partial charge in [0, 0.05) is 16.3 Å². The second kappa shape index (κ2) is 5.23. The Morgan fingerprint density at radius 2 is 1.82 bits per heavy atom. The maximum Gasteiger partial charge on any atom is 0.129 e. The fraction of sp³-hybridized carbons (Fsp3) is 0.143. The molecule has 0 fully saturated rings. The van der Waals surface area contributed by atoms with Crippen LogP contribution in [0, 0.1) is 12.7 Å². The van der Waals surface area contributed by atoms with Gasteiger partial charge in [0.15, 0.2) is 0 Å². The van der Waals surface area contributed by atoms with Gasteiger partial charge in [0.05, 0.1) is 0 Å². The van der Waals surface area contributed by atoms with Crippen molar-refractivity contribution < 1.29 is 4.39 Å². The first-order chi connectivity index (χ1) is 8.15. The fourth-order valence-corrected chi connectivity index (χ4v) is 2.36.